The van der Waals surface area contributed by atoms with Crippen LogP contribution in [0.4, 0.5) is 14.9 Å². The van der Waals surface area contributed by atoms with Gasteiger partial charge in [0.1, 0.15) is 23.4 Å². The average molecular weight is 419 g/mol. The topological polar surface area (TPSA) is 63.7 Å². The molecule has 1 aliphatic carbocycles. The first-order valence-corrected chi connectivity index (χ1v) is 10.6. The normalized spacial score (nSPS) is 18.8. The van der Waals surface area contributed by atoms with E-state index in [4.69, 9.17) is 9.47 Å². The standard InChI is InChI=1S/C24H22FN3O3/c25-16-1-3-20-19(10-16)22(5-7-26-20)31-18-11-24(12-18)13-28(14-24)23(29)27-17-2-4-21-15(9-17)6-8-30-21/h1-5,7,9-10,18H,6,8,11-14H2,(H,27,29). The molecule has 0 unspecified atom stereocenters. The van der Waals surface area contributed by atoms with Crippen LogP contribution in [0.1, 0.15) is 18.4 Å². The minimum Gasteiger partial charge on any atom is -0.493 e. The number of pyridine rings is 1. The highest BCUT2D eigenvalue weighted by Gasteiger charge is 2.54. The molecule has 2 fully saturated rings. The van der Waals surface area contributed by atoms with E-state index in [0.29, 0.717) is 17.7 Å². The molecule has 2 amide bonds. The Balaban J connectivity index is 1.04. The number of halogens is 1. The molecule has 2 aromatic carbocycles. The zero-order valence-corrected chi connectivity index (χ0v) is 16.9. The van der Waals surface area contributed by atoms with Gasteiger partial charge in [-0.05, 0) is 60.9 Å². The number of fused-ring (bicyclic) bond motifs is 2. The summed E-state index contributed by atoms with van der Waals surface area (Å²) in [6, 6.07) is 12.0. The van der Waals surface area contributed by atoms with E-state index in [9.17, 15) is 9.18 Å². The van der Waals surface area contributed by atoms with Crippen molar-refractivity contribution in [2.45, 2.75) is 25.4 Å². The van der Waals surface area contributed by atoms with Crippen molar-refractivity contribution in [2.24, 2.45) is 5.41 Å². The molecule has 3 aromatic rings. The summed E-state index contributed by atoms with van der Waals surface area (Å²) >= 11 is 0. The van der Waals surface area contributed by atoms with Crippen molar-refractivity contribution in [1.29, 1.82) is 0 Å². The quantitative estimate of drug-likeness (QED) is 0.684. The number of likely N-dealkylation sites (tertiary alicyclic amines) is 1. The fraction of sp³-hybridized carbons (Fsp3) is 0.333. The molecule has 31 heavy (non-hydrogen) atoms. The minimum atomic E-state index is -0.299. The molecule has 1 saturated carbocycles. The number of nitrogens with zero attached hydrogens (tertiary/aromatic N) is 2. The first-order chi connectivity index (χ1) is 15.1. The smallest absolute Gasteiger partial charge is 0.321 e. The molecule has 158 valence electrons. The molecule has 6 nitrogen and oxygen atoms in total. The highest BCUT2D eigenvalue weighted by Crippen LogP contribution is 2.50. The van der Waals surface area contributed by atoms with Crippen molar-refractivity contribution < 1.29 is 18.7 Å². The third kappa shape index (κ3) is 3.24. The van der Waals surface area contributed by atoms with Crippen molar-refractivity contribution in [2.75, 3.05) is 25.0 Å². The van der Waals surface area contributed by atoms with Gasteiger partial charge in [0, 0.05) is 42.2 Å². The maximum atomic E-state index is 13.6. The summed E-state index contributed by atoms with van der Waals surface area (Å²) in [5, 5.41) is 3.69. The van der Waals surface area contributed by atoms with E-state index in [2.05, 4.69) is 10.3 Å². The third-order valence-corrected chi connectivity index (χ3v) is 6.56. The number of carbonyl (C=O) groups is 1. The Morgan fingerprint density at radius 3 is 2.94 bits per heavy atom. The summed E-state index contributed by atoms with van der Waals surface area (Å²) in [6.45, 7) is 2.17. The van der Waals surface area contributed by atoms with E-state index in [1.807, 2.05) is 23.1 Å². The lowest BCUT2D eigenvalue weighted by atomic mass is 9.62. The number of benzene rings is 2. The predicted octanol–water partition coefficient (Wildman–Crippen LogP) is 4.38. The molecule has 3 heterocycles. The second-order valence-corrected chi connectivity index (χ2v) is 8.83. The van der Waals surface area contributed by atoms with Crippen LogP contribution in [0.25, 0.3) is 10.9 Å². The molecule has 0 atom stereocenters. The highest BCUT2D eigenvalue weighted by atomic mass is 19.1. The van der Waals surface area contributed by atoms with E-state index in [1.165, 1.54) is 12.1 Å². The minimum absolute atomic E-state index is 0.0653. The monoisotopic (exact) mass is 419 g/mol. The molecule has 1 aromatic heterocycles. The van der Waals surface area contributed by atoms with Gasteiger partial charge in [0.15, 0.2) is 0 Å². The molecule has 1 saturated heterocycles. The number of anilines is 1. The van der Waals surface area contributed by atoms with Crippen LogP contribution >= 0.6 is 0 Å². The van der Waals surface area contributed by atoms with Gasteiger partial charge in [-0.1, -0.05) is 0 Å². The summed E-state index contributed by atoms with van der Waals surface area (Å²) < 4.78 is 25.3. The van der Waals surface area contributed by atoms with Gasteiger partial charge in [-0.25, -0.2) is 9.18 Å². The van der Waals surface area contributed by atoms with Crippen molar-refractivity contribution >= 4 is 22.6 Å². The Morgan fingerprint density at radius 1 is 1.19 bits per heavy atom. The van der Waals surface area contributed by atoms with Crippen molar-refractivity contribution in [3.05, 3.63) is 60.0 Å². The largest absolute Gasteiger partial charge is 0.493 e. The molecule has 6 rings (SSSR count). The summed E-state index contributed by atoms with van der Waals surface area (Å²) in [4.78, 5) is 18.7. The molecule has 1 N–H and O–H groups in total. The lowest BCUT2D eigenvalue weighted by Crippen LogP contribution is -2.66. The molecule has 0 bridgehead atoms. The lowest BCUT2D eigenvalue weighted by molar-refractivity contribution is -0.0978. The van der Waals surface area contributed by atoms with Gasteiger partial charge in [0.05, 0.1) is 12.1 Å². The summed E-state index contributed by atoms with van der Waals surface area (Å²) in [5.74, 6) is 1.27. The van der Waals surface area contributed by atoms with Crippen molar-refractivity contribution in [1.82, 2.24) is 9.88 Å². The third-order valence-electron chi connectivity index (χ3n) is 6.56. The second kappa shape index (κ2) is 6.83. The van der Waals surface area contributed by atoms with E-state index in [0.717, 1.165) is 54.9 Å². The fourth-order valence-electron chi connectivity index (χ4n) is 5.00. The molecule has 0 radical (unpaired) electrons. The van der Waals surface area contributed by atoms with Crippen molar-refractivity contribution in [3.63, 3.8) is 0 Å². The fourth-order valence-corrected chi connectivity index (χ4v) is 5.00. The second-order valence-electron chi connectivity index (χ2n) is 8.83. The number of hydrogen-bond acceptors (Lipinski definition) is 4. The number of nitrogens with one attached hydrogen (secondary N) is 1. The SMILES string of the molecule is O=C(Nc1ccc2c(c1)CCO2)N1CC2(CC(Oc3ccnc4ccc(F)cc34)C2)C1. The van der Waals surface area contributed by atoms with E-state index >= 15 is 0 Å². The number of ether oxygens (including phenoxy) is 2. The van der Waals surface area contributed by atoms with Crippen LogP contribution in [0.2, 0.25) is 0 Å². The van der Waals surface area contributed by atoms with E-state index < -0.39 is 0 Å². The van der Waals surface area contributed by atoms with Gasteiger partial charge in [-0.3, -0.25) is 4.98 Å². The molecule has 1 spiro atoms. The molecular weight excluding hydrogens is 397 g/mol. The van der Waals surface area contributed by atoms with Crippen LogP contribution < -0.4 is 14.8 Å². The van der Waals surface area contributed by atoms with Crippen LogP contribution in [-0.2, 0) is 6.42 Å². The first-order valence-electron chi connectivity index (χ1n) is 10.6. The Morgan fingerprint density at radius 2 is 2.06 bits per heavy atom. The van der Waals surface area contributed by atoms with E-state index in [-0.39, 0.29) is 23.4 Å². The Hall–Kier alpha value is -3.35. The number of hydrogen-bond donors (Lipinski definition) is 1. The Kier molecular flexibility index (Phi) is 4.06. The van der Waals surface area contributed by atoms with Gasteiger partial charge < -0.3 is 19.7 Å². The average Bonchev–Trinajstić information content (AvgIpc) is 3.16. The molecule has 7 heteroatoms. The maximum Gasteiger partial charge on any atom is 0.321 e. The van der Waals surface area contributed by atoms with Gasteiger partial charge in [-0.15, -0.1) is 0 Å². The summed E-state index contributed by atoms with van der Waals surface area (Å²) in [7, 11) is 0. The summed E-state index contributed by atoms with van der Waals surface area (Å²) in [6.07, 6.45) is 4.44. The van der Waals surface area contributed by atoms with E-state index in [1.54, 1.807) is 18.3 Å². The molecule has 3 aliphatic rings. The van der Waals surface area contributed by atoms with Crippen molar-refractivity contribution in [3.8, 4) is 11.5 Å². The van der Waals surface area contributed by atoms with Crippen LogP contribution in [0, 0.1) is 11.2 Å². The van der Waals surface area contributed by atoms with Crippen LogP contribution in [0.5, 0.6) is 11.5 Å². The number of urea groups is 1. The van der Waals surface area contributed by atoms with Crippen LogP contribution in [0.3, 0.4) is 0 Å². The van der Waals surface area contributed by atoms with Gasteiger partial charge >= 0.3 is 6.03 Å². The van der Waals surface area contributed by atoms with Gasteiger partial charge in [-0.2, -0.15) is 0 Å². The van der Waals surface area contributed by atoms with Crippen LogP contribution in [-0.4, -0.2) is 41.7 Å². The van der Waals surface area contributed by atoms with Crippen LogP contribution in [0.15, 0.2) is 48.7 Å². The molecule has 2 aliphatic heterocycles. The predicted molar refractivity (Wildman–Crippen MR) is 114 cm³/mol. The summed E-state index contributed by atoms with van der Waals surface area (Å²) in [5.41, 5.74) is 2.81. The Bertz CT molecular complexity index is 1180. The first kappa shape index (κ1) is 18.4. The number of carbonyl (C=O) groups excluding carboxylic acids is 1. The number of amides is 2. The van der Waals surface area contributed by atoms with Gasteiger partial charge in [0.2, 0.25) is 0 Å². The number of aromatic nitrogens is 1. The van der Waals surface area contributed by atoms with Gasteiger partial charge in [0.25, 0.3) is 0 Å². The Labute approximate surface area is 179 Å². The zero-order valence-electron chi connectivity index (χ0n) is 16.9. The molecular formula is C24H22FN3O3. The number of rotatable bonds is 3. The maximum absolute atomic E-state index is 13.6. The highest BCUT2D eigenvalue weighted by molar-refractivity contribution is 5.90. The lowest BCUT2D eigenvalue weighted by Gasteiger charge is -2.58. The zero-order chi connectivity index (χ0) is 21.0.